The van der Waals surface area contributed by atoms with Crippen molar-refractivity contribution in [3.63, 3.8) is 0 Å². The number of phenols is 1. The fourth-order valence-electron chi connectivity index (χ4n) is 0.817. The van der Waals surface area contributed by atoms with Crippen LogP contribution in [-0.4, -0.2) is 5.11 Å². The van der Waals surface area contributed by atoms with Gasteiger partial charge in [0.05, 0.1) is 16.9 Å². The molecule has 0 heterocycles. The lowest BCUT2D eigenvalue weighted by Gasteiger charge is -2.07. The van der Waals surface area contributed by atoms with E-state index in [0.29, 0.717) is 0 Å². The molecule has 1 aromatic rings. The molecule has 5 heteroatoms. The van der Waals surface area contributed by atoms with E-state index in [0.717, 1.165) is 6.07 Å². The number of halogens is 2. The van der Waals surface area contributed by atoms with Crippen LogP contribution in [0.1, 0.15) is 12.0 Å². The van der Waals surface area contributed by atoms with Crippen molar-refractivity contribution < 1.29 is 13.9 Å². The van der Waals surface area contributed by atoms with Crippen molar-refractivity contribution in [2.45, 2.75) is 6.43 Å². The van der Waals surface area contributed by atoms with Gasteiger partial charge in [-0.15, -0.1) is 0 Å². The number of nitrogen functional groups attached to an aromatic ring is 2. The predicted molar refractivity (Wildman–Crippen MR) is 41.9 cm³/mol. The summed E-state index contributed by atoms with van der Waals surface area (Å²) in [6.07, 6.45) is -2.74. The second kappa shape index (κ2) is 2.84. The Bertz CT molecular complexity index is 302. The highest BCUT2D eigenvalue weighted by Gasteiger charge is 2.15. The molecular weight excluding hydrogens is 166 g/mol. The lowest BCUT2D eigenvalue weighted by molar-refractivity contribution is 0.147. The van der Waals surface area contributed by atoms with Gasteiger partial charge in [-0.25, -0.2) is 8.78 Å². The summed E-state index contributed by atoms with van der Waals surface area (Å²) >= 11 is 0. The van der Waals surface area contributed by atoms with E-state index >= 15 is 0 Å². The second-order valence-corrected chi connectivity index (χ2v) is 2.31. The highest BCUT2D eigenvalue weighted by atomic mass is 19.3. The minimum absolute atomic E-state index is 0.0944. The summed E-state index contributed by atoms with van der Waals surface area (Å²) in [6, 6.07) is 2.28. The van der Waals surface area contributed by atoms with Gasteiger partial charge in [0.2, 0.25) is 0 Å². The summed E-state index contributed by atoms with van der Waals surface area (Å²) < 4.78 is 24.2. The van der Waals surface area contributed by atoms with Crippen LogP contribution in [0, 0.1) is 0 Å². The fourth-order valence-corrected chi connectivity index (χ4v) is 0.817. The summed E-state index contributed by atoms with van der Waals surface area (Å²) in [7, 11) is 0. The maximum absolute atomic E-state index is 12.1. The fraction of sp³-hybridized carbons (Fsp3) is 0.143. The van der Waals surface area contributed by atoms with Crippen LogP contribution in [0.25, 0.3) is 0 Å². The van der Waals surface area contributed by atoms with E-state index in [2.05, 4.69) is 0 Å². The zero-order chi connectivity index (χ0) is 9.30. The smallest absolute Gasteiger partial charge is 0.267 e. The molecule has 3 nitrogen and oxygen atoms in total. The van der Waals surface area contributed by atoms with Crippen molar-refractivity contribution in [1.82, 2.24) is 0 Å². The normalized spacial score (nSPS) is 10.6. The number of phenolic OH excluding ortho intramolecular Hbond substituents is 1. The number of benzene rings is 1. The van der Waals surface area contributed by atoms with E-state index in [-0.39, 0.29) is 11.4 Å². The molecule has 1 aromatic carbocycles. The van der Waals surface area contributed by atoms with Gasteiger partial charge in [-0.3, -0.25) is 0 Å². The van der Waals surface area contributed by atoms with Crippen molar-refractivity contribution in [2.75, 3.05) is 11.5 Å². The third kappa shape index (κ3) is 1.25. The van der Waals surface area contributed by atoms with E-state index in [4.69, 9.17) is 16.6 Å². The minimum atomic E-state index is -2.74. The Kier molecular flexibility index (Phi) is 2.03. The Labute approximate surface area is 67.6 Å². The van der Waals surface area contributed by atoms with Gasteiger partial charge in [0, 0.05) is 0 Å². The molecule has 0 bridgehead atoms. The maximum Gasteiger partial charge on any atom is 0.267 e. The number of anilines is 2. The zero-order valence-electron chi connectivity index (χ0n) is 6.09. The van der Waals surface area contributed by atoms with Gasteiger partial charge in [0.1, 0.15) is 5.75 Å². The number of alkyl halides is 2. The Balaban J connectivity index is 3.27. The summed E-state index contributed by atoms with van der Waals surface area (Å²) in [5.41, 5.74) is 9.87. The highest BCUT2D eigenvalue weighted by molar-refractivity contribution is 5.72. The topological polar surface area (TPSA) is 72.3 Å². The quantitative estimate of drug-likeness (QED) is 0.446. The number of hydrogen-bond donors (Lipinski definition) is 3. The molecular formula is C7H8F2N2O. The largest absolute Gasteiger partial charge is 0.505 e. The molecule has 12 heavy (non-hydrogen) atoms. The summed E-state index contributed by atoms with van der Waals surface area (Å²) in [6.45, 7) is 0. The van der Waals surface area contributed by atoms with Gasteiger partial charge in [-0.05, 0) is 12.1 Å². The molecule has 0 spiro atoms. The van der Waals surface area contributed by atoms with Gasteiger partial charge in [0.25, 0.3) is 6.43 Å². The summed E-state index contributed by atoms with van der Waals surface area (Å²) in [4.78, 5) is 0. The van der Waals surface area contributed by atoms with Gasteiger partial charge in [-0.2, -0.15) is 0 Å². The van der Waals surface area contributed by atoms with Crippen molar-refractivity contribution >= 4 is 11.4 Å². The Morgan fingerprint density at radius 2 is 1.83 bits per heavy atom. The average Bonchev–Trinajstić information content (AvgIpc) is 2.00. The van der Waals surface area contributed by atoms with E-state index in [1.54, 1.807) is 0 Å². The molecule has 0 saturated heterocycles. The molecule has 5 N–H and O–H groups in total. The summed E-state index contributed by atoms with van der Waals surface area (Å²) in [5, 5.41) is 9.06. The van der Waals surface area contributed by atoms with Gasteiger partial charge < -0.3 is 16.6 Å². The van der Waals surface area contributed by atoms with Crippen molar-refractivity contribution in [2.24, 2.45) is 0 Å². The molecule has 0 amide bonds. The molecule has 0 aliphatic rings. The Morgan fingerprint density at radius 3 is 2.33 bits per heavy atom. The molecule has 0 atom stereocenters. The molecule has 0 saturated carbocycles. The van der Waals surface area contributed by atoms with Crippen LogP contribution in [0.2, 0.25) is 0 Å². The van der Waals surface area contributed by atoms with Crippen LogP contribution in [0.4, 0.5) is 20.2 Å². The first kappa shape index (κ1) is 8.58. The van der Waals surface area contributed by atoms with Crippen molar-refractivity contribution in [3.05, 3.63) is 17.7 Å². The summed E-state index contributed by atoms with van der Waals surface area (Å²) in [5.74, 6) is -0.634. The highest BCUT2D eigenvalue weighted by Crippen LogP contribution is 2.35. The predicted octanol–water partition coefficient (Wildman–Crippen LogP) is 1.49. The zero-order valence-corrected chi connectivity index (χ0v) is 6.09. The molecule has 0 unspecified atom stereocenters. The number of rotatable bonds is 1. The van der Waals surface area contributed by atoms with E-state index in [1.165, 1.54) is 6.07 Å². The molecule has 0 fully saturated rings. The third-order valence-corrected chi connectivity index (χ3v) is 1.52. The number of aromatic hydroxyl groups is 1. The van der Waals surface area contributed by atoms with Crippen LogP contribution in [-0.2, 0) is 0 Å². The molecule has 1 rings (SSSR count). The maximum atomic E-state index is 12.1. The lowest BCUT2D eigenvalue weighted by atomic mass is 10.1. The Morgan fingerprint density at radius 1 is 1.25 bits per heavy atom. The standard InChI is InChI=1S/C7H8F2N2O/c8-7(9)3-1-2-4(10)5(11)6(3)12/h1-2,7,12H,10-11H2. The number of nitrogens with two attached hydrogens (primary N) is 2. The SMILES string of the molecule is Nc1ccc(C(F)F)c(O)c1N. The van der Waals surface area contributed by atoms with Crippen LogP contribution in [0.3, 0.4) is 0 Å². The average molecular weight is 174 g/mol. The van der Waals surface area contributed by atoms with Gasteiger partial charge >= 0.3 is 0 Å². The van der Waals surface area contributed by atoms with Crippen LogP contribution in [0.15, 0.2) is 12.1 Å². The van der Waals surface area contributed by atoms with Crippen molar-refractivity contribution in [3.8, 4) is 5.75 Å². The first-order valence-corrected chi connectivity index (χ1v) is 3.19. The van der Waals surface area contributed by atoms with Crippen LogP contribution in [0.5, 0.6) is 5.75 Å². The van der Waals surface area contributed by atoms with E-state index < -0.39 is 17.7 Å². The second-order valence-electron chi connectivity index (χ2n) is 2.31. The molecule has 0 aromatic heterocycles. The van der Waals surface area contributed by atoms with Crippen LogP contribution >= 0.6 is 0 Å². The molecule has 66 valence electrons. The monoisotopic (exact) mass is 174 g/mol. The van der Waals surface area contributed by atoms with Gasteiger partial charge in [-0.1, -0.05) is 0 Å². The third-order valence-electron chi connectivity index (χ3n) is 1.52. The minimum Gasteiger partial charge on any atom is -0.505 e. The first-order chi connectivity index (χ1) is 5.54. The molecule has 0 aliphatic carbocycles. The van der Waals surface area contributed by atoms with Crippen molar-refractivity contribution in [1.29, 1.82) is 0 Å². The molecule has 0 radical (unpaired) electrons. The van der Waals surface area contributed by atoms with Gasteiger partial charge in [0.15, 0.2) is 0 Å². The van der Waals surface area contributed by atoms with Crippen LogP contribution < -0.4 is 11.5 Å². The lowest BCUT2D eigenvalue weighted by Crippen LogP contribution is -1.97. The van der Waals surface area contributed by atoms with E-state index in [1.807, 2.05) is 0 Å². The van der Waals surface area contributed by atoms with E-state index in [9.17, 15) is 8.78 Å². The Hall–Kier alpha value is -1.52. The first-order valence-electron chi connectivity index (χ1n) is 3.19. The molecule has 0 aliphatic heterocycles. The number of hydrogen-bond acceptors (Lipinski definition) is 3.